The van der Waals surface area contributed by atoms with Crippen LogP contribution in [-0.4, -0.2) is 64.9 Å². The van der Waals surface area contributed by atoms with Crippen LogP contribution in [0.3, 0.4) is 0 Å². The maximum Gasteiger partial charge on any atom is 0.337 e. The van der Waals surface area contributed by atoms with Crippen molar-refractivity contribution >= 4 is 39.5 Å². The van der Waals surface area contributed by atoms with E-state index in [1.54, 1.807) is 17.4 Å². The predicted octanol–water partition coefficient (Wildman–Crippen LogP) is 4.22. The molecule has 9 heteroatoms. The number of amidine groups is 1. The molecule has 0 unspecified atom stereocenters. The Morgan fingerprint density at radius 1 is 1.12 bits per heavy atom. The van der Waals surface area contributed by atoms with Gasteiger partial charge in [0.15, 0.2) is 0 Å². The number of benzene rings is 1. The molecule has 0 radical (unpaired) electrons. The largest absolute Gasteiger partial charge is 0.478 e. The molecule has 0 saturated carbocycles. The van der Waals surface area contributed by atoms with Gasteiger partial charge in [0, 0.05) is 60.8 Å². The van der Waals surface area contributed by atoms with Crippen molar-refractivity contribution in [3.05, 3.63) is 70.9 Å². The van der Waals surface area contributed by atoms with Crippen LogP contribution in [0.25, 0.3) is 0 Å². The monoisotopic (exact) mass is 487 g/mol. The molecule has 3 aromatic rings. The summed E-state index contributed by atoms with van der Waals surface area (Å²) >= 11 is 1.81. The Labute approximate surface area is 202 Å². The number of rotatable bonds is 1. The van der Waals surface area contributed by atoms with Crippen molar-refractivity contribution in [1.29, 1.82) is 0 Å². The molecular weight excluding hydrogens is 462 g/mol. The first kappa shape index (κ1) is 24.0. The van der Waals surface area contributed by atoms with Crippen LogP contribution in [0.1, 0.15) is 20.8 Å². The molecule has 0 aliphatic carbocycles. The summed E-state index contributed by atoms with van der Waals surface area (Å²) in [6, 6.07) is 13.6. The van der Waals surface area contributed by atoms with Gasteiger partial charge < -0.3 is 20.2 Å². The third-order valence-electron chi connectivity index (χ3n) is 5.19. The van der Waals surface area contributed by atoms with E-state index < -0.39 is 5.97 Å². The van der Waals surface area contributed by atoms with Gasteiger partial charge in [-0.05, 0) is 44.3 Å². The number of nitrogens with one attached hydrogen (secondary N) is 1. The number of nitrogens with zero attached hydrogens (tertiary/aromatic N) is 4. The maximum absolute atomic E-state index is 10.2. The quantitative estimate of drug-likeness (QED) is 0.535. The zero-order chi connectivity index (χ0) is 21.8. The van der Waals surface area contributed by atoms with Gasteiger partial charge in [-0.3, -0.25) is 4.98 Å². The van der Waals surface area contributed by atoms with E-state index in [2.05, 4.69) is 64.4 Å². The summed E-state index contributed by atoms with van der Waals surface area (Å²) in [6.07, 6.45) is 2.84. The molecule has 2 N–H and O–H groups in total. The Kier molecular flexibility index (Phi) is 8.05. The molecule has 0 amide bonds. The van der Waals surface area contributed by atoms with Crippen LogP contribution in [0.2, 0.25) is 0 Å². The molecule has 166 valence electrons. The number of aromatic nitrogens is 1. The molecule has 2 aliphatic heterocycles. The van der Waals surface area contributed by atoms with Gasteiger partial charge in [0.25, 0.3) is 0 Å². The summed E-state index contributed by atoms with van der Waals surface area (Å²) in [5.41, 5.74) is 3.58. The second-order valence-electron chi connectivity index (χ2n) is 7.51. The number of piperazine rings is 1. The predicted molar refractivity (Wildman–Crippen MR) is 125 cm³/mol. The number of hydrogen-bond donors (Lipinski definition) is 2. The molecule has 1 fully saturated rings. The first-order chi connectivity index (χ1) is 15.0. The summed E-state index contributed by atoms with van der Waals surface area (Å²) in [4.78, 5) is 24.9. The van der Waals surface area contributed by atoms with Gasteiger partial charge in [-0.25, -0.2) is 9.79 Å². The number of carboxylic acid groups (broad SMARTS) is 1. The molecule has 2 aromatic heterocycles. The van der Waals surface area contributed by atoms with Gasteiger partial charge in [-0.1, -0.05) is 12.1 Å². The van der Waals surface area contributed by atoms with Crippen LogP contribution in [0.15, 0.2) is 59.9 Å². The third kappa shape index (κ3) is 5.56. The minimum Gasteiger partial charge on any atom is -0.478 e. The Balaban J connectivity index is 0.000000246. The number of likely N-dealkylation sites (N-methyl/N-ethyl adjacent to an activating group) is 1. The van der Waals surface area contributed by atoms with Gasteiger partial charge in [-0.2, -0.15) is 0 Å². The summed E-state index contributed by atoms with van der Waals surface area (Å²) in [7, 11) is 2.18. The second-order valence-corrected chi connectivity index (χ2v) is 8.77. The topological polar surface area (TPSA) is 81.1 Å². The molecule has 32 heavy (non-hydrogen) atoms. The van der Waals surface area contributed by atoms with Gasteiger partial charge in [-0.15, -0.1) is 11.3 Å². The van der Waals surface area contributed by atoms with Crippen molar-refractivity contribution in [2.75, 3.05) is 38.5 Å². The number of para-hydroxylation sites is 2. The molecule has 0 bridgehead atoms. The zero-order valence-corrected chi connectivity index (χ0v) is 20.1. The number of carbonyl (C=O) groups is 1. The van der Waals surface area contributed by atoms with Crippen molar-refractivity contribution in [3.8, 4) is 0 Å². The average Bonchev–Trinajstić information content (AvgIpc) is 3.07. The van der Waals surface area contributed by atoms with Crippen molar-refractivity contribution < 1.29 is 27.3 Å². The minimum absolute atomic E-state index is 0. The van der Waals surface area contributed by atoms with Crippen molar-refractivity contribution in [1.82, 2.24) is 14.8 Å². The van der Waals surface area contributed by atoms with E-state index in [-0.39, 0.29) is 22.9 Å². The van der Waals surface area contributed by atoms with E-state index in [1.165, 1.54) is 33.9 Å². The van der Waals surface area contributed by atoms with Crippen molar-refractivity contribution in [2.24, 2.45) is 4.99 Å². The Bertz CT molecular complexity index is 1090. The molecule has 1 saturated heterocycles. The van der Waals surface area contributed by atoms with E-state index in [0.717, 1.165) is 43.4 Å². The number of hydrogen-bond acceptors (Lipinski definition) is 7. The minimum atomic E-state index is -0.942. The van der Waals surface area contributed by atoms with Crippen LogP contribution in [0.4, 0.5) is 16.4 Å². The van der Waals surface area contributed by atoms with Crippen molar-refractivity contribution in [3.63, 3.8) is 0 Å². The van der Waals surface area contributed by atoms with Crippen LogP contribution >= 0.6 is 11.3 Å². The number of carboxylic acids is 1. The summed E-state index contributed by atoms with van der Waals surface area (Å²) < 4.78 is 0. The molecule has 5 rings (SSSR count). The Hall–Kier alpha value is -2.70. The standard InChI is InChI=1S/C17H20N4S.C6H5NO2.Cr/c1-12-11-13-16(21-9-7-20(2)8-10-21)18-14-5-3-4-6-15(14)19-17(13)22-12;8-6(9)5-2-1-3-7-4-5;/h3-6,11,19H,7-10H2,1-2H3;1-4H,(H,8,9);. The molecule has 2 aliphatic rings. The molecule has 4 heterocycles. The van der Waals surface area contributed by atoms with E-state index in [0.29, 0.717) is 0 Å². The summed E-state index contributed by atoms with van der Waals surface area (Å²) in [6.45, 7) is 6.41. The number of fused-ring (bicyclic) bond motifs is 2. The molecule has 0 atom stereocenters. The first-order valence-corrected chi connectivity index (χ1v) is 11.0. The van der Waals surface area contributed by atoms with Gasteiger partial charge in [0.1, 0.15) is 10.8 Å². The van der Waals surface area contributed by atoms with Crippen molar-refractivity contribution in [2.45, 2.75) is 6.92 Å². The van der Waals surface area contributed by atoms with Gasteiger partial charge in [0.2, 0.25) is 0 Å². The SMILES string of the molecule is Cc1cc2c(s1)Nc1ccccc1N=C2N1CCN(C)CC1.O=C(O)c1cccnc1.[Cr]. The Morgan fingerprint density at radius 3 is 2.53 bits per heavy atom. The number of aromatic carboxylic acids is 1. The number of aryl methyl sites for hydroxylation is 1. The molecule has 7 nitrogen and oxygen atoms in total. The van der Waals surface area contributed by atoms with Crippen LogP contribution in [0, 0.1) is 6.92 Å². The van der Waals surface area contributed by atoms with Crippen LogP contribution in [-0.2, 0) is 17.4 Å². The van der Waals surface area contributed by atoms with E-state index >= 15 is 0 Å². The first-order valence-electron chi connectivity index (χ1n) is 10.1. The average molecular weight is 488 g/mol. The fourth-order valence-electron chi connectivity index (χ4n) is 3.50. The number of thiophene rings is 1. The normalized spacial score (nSPS) is 14.9. The smallest absolute Gasteiger partial charge is 0.337 e. The fourth-order valence-corrected chi connectivity index (χ4v) is 4.42. The molecule has 0 spiro atoms. The number of aliphatic imine (C=N–C) groups is 1. The summed E-state index contributed by atoms with van der Waals surface area (Å²) in [5.74, 6) is 0.174. The number of anilines is 2. The van der Waals surface area contributed by atoms with Gasteiger partial charge in [0.05, 0.1) is 22.5 Å². The number of pyridine rings is 1. The molecule has 1 aromatic carbocycles. The van der Waals surface area contributed by atoms with Crippen LogP contribution < -0.4 is 5.32 Å². The zero-order valence-electron chi connectivity index (χ0n) is 18.0. The second kappa shape index (κ2) is 10.7. The Morgan fingerprint density at radius 2 is 1.88 bits per heavy atom. The van der Waals surface area contributed by atoms with E-state index in [1.807, 2.05) is 0 Å². The fraction of sp³-hybridized carbons (Fsp3) is 0.261. The van der Waals surface area contributed by atoms with Gasteiger partial charge >= 0.3 is 5.97 Å². The maximum atomic E-state index is 10.2. The van der Waals surface area contributed by atoms with Crippen LogP contribution in [0.5, 0.6) is 0 Å². The third-order valence-corrected chi connectivity index (χ3v) is 6.15. The molecular formula is C23H25CrN5O2S. The van der Waals surface area contributed by atoms with E-state index in [9.17, 15) is 4.79 Å². The van der Waals surface area contributed by atoms with E-state index in [4.69, 9.17) is 10.1 Å². The summed E-state index contributed by atoms with van der Waals surface area (Å²) in [5, 5.41) is 13.1.